The maximum Gasteiger partial charge on any atom is 0.319 e. The van der Waals surface area contributed by atoms with Crippen molar-refractivity contribution in [1.82, 2.24) is 5.32 Å². The molecule has 0 bridgehead atoms. The summed E-state index contributed by atoms with van der Waals surface area (Å²) in [6, 6.07) is 7.02. The first-order valence-corrected chi connectivity index (χ1v) is 6.21. The van der Waals surface area contributed by atoms with Gasteiger partial charge in [0.05, 0.1) is 18.3 Å². The molecule has 0 heterocycles. The van der Waals surface area contributed by atoms with Crippen LogP contribution in [0.3, 0.4) is 0 Å². The Morgan fingerprint density at radius 3 is 2.81 bits per heavy atom. The molecule has 88 valence electrons. The fourth-order valence-corrected chi connectivity index (χ4v) is 1.73. The van der Waals surface area contributed by atoms with E-state index in [4.69, 9.17) is 5.11 Å². The van der Waals surface area contributed by atoms with Crippen molar-refractivity contribution < 1.29 is 9.90 Å². The third-order valence-corrected chi connectivity index (χ3v) is 2.80. The van der Waals surface area contributed by atoms with Gasteiger partial charge >= 0.3 is 6.03 Å². The first-order valence-electron chi connectivity index (χ1n) is 4.98. The zero-order chi connectivity index (χ0) is 12.0. The summed E-state index contributed by atoms with van der Waals surface area (Å²) in [6.07, 6.45) is 1.95. The van der Waals surface area contributed by atoms with Crippen LogP contribution in [0.5, 0.6) is 0 Å². The molecule has 2 amide bonds. The minimum absolute atomic E-state index is 0.0718. The number of rotatable bonds is 4. The van der Waals surface area contributed by atoms with Crippen LogP contribution in [0.1, 0.15) is 6.92 Å². The third kappa shape index (κ3) is 3.75. The number of aliphatic hydroxyl groups excluding tert-OH is 1. The van der Waals surface area contributed by atoms with E-state index < -0.39 is 0 Å². The third-order valence-electron chi connectivity index (χ3n) is 2.01. The van der Waals surface area contributed by atoms with Crippen molar-refractivity contribution in [2.24, 2.45) is 0 Å². The lowest BCUT2D eigenvalue weighted by molar-refractivity contribution is 0.229. The zero-order valence-corrected chi connectivity index (χ0v) is 10.2. The maximum absolute atomic E-state index is 11.5. The summed E-state index contributed by atoms with van der Waals surface area (Å²) in [5.74, 6) is 0. The van der Waals surface area contributed by atoms with Gasteiger partial charge in [0, 0.05) is 4.90 Å². The predicted molar refractivity (Wildman–Crippen MR) is 66.9 cm³/mol. The molecule has 1 atom stereocenters. The summed E-state index contributed by atoms with van der Waals surface area (Å²) in [6.45, 7) is 1.66. The molecule has 0 spiro atoms. The van der Waals surface area contributed by atoms with Gasteiger partial charge in [-0.1, -0.05) is 12.1 Å². The first-order chi connectivity index (χ1) is 7.67. The highest BCUT2D eigenvalue weighted by Gasteiger charge is 2.07. The number of carbonyl (C=O) groups excluding carboxylic acids is 1. The Morgan fingerprint density at radius 1 is 1.50 bits per heavy atom. The molecule has 5 heteroatoms. The van der Waals surface area contributed by atoms with Gasteiger partial charge in [-0.25, -0.2) is 4.79 Å². The number of hydrogen-bond acceptors (Lipinski definition) is 3. The van der Waals surface area contributed by atoms with Gasteiger partial charge in [0.25, 0.3) is 0 Å². The number of benzene rings is 1. The number of hydrogen-bond donors (Lipinski definition) is 3. The van der Waals surface area contributed by atoms with E-state index in [1.165, 1.54) is 0 Å². The molecule has 0 radical (unpaired) electrons. The highest BCUT2D eigenvalue weighted by atomic mass is 32.2. The second-order valence-electron chi connectivity index (χ2n) is 3.38. The van der Waals surface area contributed by atoms with Gasteiger partial charge in [0.1, 0.15) is 0 Å². The zero-order valence-electron chi connectivity index (χ0n) is 9.36. The molecule has 0 saturated heterocycles. The van der Waals surface area contributed by atoms with Crippen LogP contribution in [0.15, 0.2) is 29.2 Å². The van der Waals surface area contributed by atoms with E-state index in [1.54, 1.807) is 18.7 Å². The molecule has 0 aromatic heterocycles. The number of aliphatic hydroxyl groups is 1. The lowest BCUT2D eigenvalue weighted by Gasteiger charge is -2.13. The van der Waals surface area contributed by atoms with Gasteiger partial charge in [-0.15, -0.1) is 11.8 Å². The summed E-state index contributed by atoms with van der Waals surface area (Å²) >= 11 is 1.57. The van der Waals surface area contributed by atoms with E-state index in [0.717, 1.165) is 10.6 Å². The van der Waals surface area contributed by atoms with Gasteiger partial charge in [0.15, 0.2) is 0 Å². The largest absolute Gasteiger partial charge is 0.394 e. The van der Waals surface area contributed by atoms with Crippen molar-refractivity contribution in [2.75, 3.05) is 18.2 Å². The van der Waals surface area contributed by atoms with Crippen LogP contribution < -0.4 is 10.6 Å². The number of anilines is 1. The molecule has 1 unspecified atom stereocenters. The van der Waals surface area contributed by atoms with Crippen LogP contribution in [0.2, 0.25) is 0 Å². The smallest absolute Gasteiger partial charge is 0.319 e. The Labute approximate surface area is 99.4 Å². The molecule has 0 fully saturated rings. The number of amides is 2. The SMILES string of the molecule is CSc1ccccc1NC(=O)NC(C)CO. The van der Waals surface area contributed by atoms with E-state index in [0.29, 0.717) is 0 Å². The van der Waals surface area contributed by atoms with Crippen molar-refractivity contribution in [3.05, 3.63) is 24.3 Å². The minimum atomic E-state index is -0.303. The van der Waals surface area contributed by atoms with E-state index in [1.807, 2.05) is 30.5 Å². The van der Waals surface area contributed by atoms with Crippen LogP contribution in [-0.2, 0) is 0 Å². The van der Waals surface area contributed by atoms with Crippen molar-refractivity contribution in [3.63, 3.8) is 0 Å². The Balaban J connectivity index is 2.62. The number of urea groups is 1. The highest BCUT2D eigenvalue weighted by Crippen LogP contribution is 2.24. The normalized spacial score (nSPS) is 11.9. The van der Waals surface area contributed by atoms with Gasteiger partial charge in [-0.3, -0.25) is 0 Å². The molecule has 0 aliphatic carbocycles. The van der Waals surface area contributed by atoms with E-state index in [-0.39, 0.29) is 18.7 Å². The van der Waals surface area contributed by atoms with Gasteiger partial charge in [-0.05, 0) is 25.3 Å². The molecule has 16 heavy (non-hydrogen) atoms. The van der Waals surface area contributed by atoms with Crippen LogP contribution in [0.4, 0.5) is 10.5 Å². The lowest BCUT2D eigenvalue weighted by Crippen LogP contribution is -2.38. The van der Waals surface area contributed by atoms with Crippen molar-refractivity contribution in [1.29, 1.82) is 0 Å². The first kappa shape index (κ1) is 12.9. The van der Waals surface area contributed by atoms with Gasteiger partial charge in [0.2, 0.25) is 0 Å². The average Bonchev–Trinajstić information content (AvgIpc) is 2.29. The summed E-state index contributed by atoms with van der Waals surface area (Å²) in [4.78, 5) is 12.5. The van der Waals surface area contributed by atoms with Crippen LogP contribution in [-0.4, -0.2) is 30.0 Å². The molecular weight excluding hydrogens is 224 g/mol. The average molecular weight is 240 g/mol. The molecule has 0 saturated carbocycles. The predicted octanol–water partition coefficient (Wildman–Crippen LogP) is 1.91. The van der Waals surface area contributed by atoms with E-state index >= 15 is 0 Å². The van der Waals surface area contributed by atoms with Crippen molar-refractivity contribution in [3.8, 4) is 0 Å². The lowest BCUT2D eigenvalue weighted by atomic mass is 10.3. The maximum atomic E-state index is 11.5. The van der Waals surface area contributed by atoms with Crippen LogP contribution in [0, 0.1) is 0 Å². The molecular formula is C11H16N2O2S. The fourth-order valence-electron chi connectivity index (χ4n) is 1.18. The number of thioether (sulfide) groups is 1. The van der Waals surface area contributed by atoms with Crippen LogP contribution >= 0.6 is 11.8 Å². The Bertz CT molecular complexity index is 358. The molecule has 4 nitrogen and oxygen atoms in total. The Kier molecular flexibility index (Phi) is 5.14. The monoisotopic (exact) mass is 240 g/mol. The number of nitrogens with one attached hydrogen (secondary N) is 2. The number of para-hydroxylation sites is 1. The second-order valence-corrected chi connectivity index (χ2v) is 4.23. The Hall–Kier alpha value is -1.20. The van der Waals surface area contributed by atoms with Gasteiger partial charge < -0.3 is 15.7 Å². The van der Waals surface area contributed by atoms with Crippen molar-refractivity contribution in [2.45, 2.75) is 17.9 Å². The highest BCUT2D eigenvalue weighted by molar-refractivity contribution is 7.98. The van der Waals surface area contributed by atoms with Crippen molar-refractivity contribution >= 4 is 23.5 Å². The molecule has 0 aliphatic heterocycles. The topological polar surface area (TPSA) is 61.4 Å². The Morgan fingerprint density at radius 2 is 2.19 bits per heavy atom. The molecule has 0 aliphatic rings. The van der Waals surface area contributed by atoms with E-state index in [2.05, 4.69) is 10.6 Å². The summed E-state index contributed by atoms with van der Waals surface area (Å²) in [7, 11) is 0. The minimum Gasteiger partial charge on any atom is -0.394 e. The molecule has 1 aromatic carbocycles. The van der Waals surface area contributed by atoms with Crippen LogP contribution in [0.25, 0.3) is 0 Å². The molecule has 1 rings (SSSR count). The number of carbonyl (C=O) groups is 1. The van der Waals surface area contributed by atoms with Gasteiger partial charge in [-0.2, -0.15) is 0 Å². The summed E-state index contributed by atoms with van der Waals surface area (Å²) < 4.78 is 0. The van der Waals surface area contributed by atoms with E-state index in [9.17, 15) is 4.79 Å². The fraction of sp³-hybridized carbons (Fsp3) is 0.364. The standard InChI is InChI=1S/C11H16N2O2S/c1-8(7-14)12-11(15)13-9-5-3-4-6-10(9)16-2/h3-6,8,14H,7H2,1-2H3,(H2,12,13,15). The molecule has 3 N–H and O–H groups in total. The summed E-state index contributed by atoms with van der Waals surface area (Å²) in [5, 5.41) is 14.2. The second kappa shape index (κ2) is 6.40. The molecule has 1 aromatic rings. The summed E-state index contributed by atoms with van der Waals surface area (Å²) in [5.41, 5.74) is 0.776. The quantitative estimate of drug-likeness (QED) is 0.704.